The van der Waals surface area contributed by atoms with Gasteiger partial charge in [-0.2, -0.15) is 0 Å². The lowest BCUT2D eigenvalue weighted by molar-refractivity contribution is -0.00471. The maximum atomic E-state index is 5.69. The van der Waals surface area contributed by atoms with Crippen molar-refractivity contribution in [2.75, 3.05) is 6.61 Å². The van der Waals surface area contributed by atoms with E-state index < -0.39 is 8.07 Å². The highest BCUT2D eigenvalue weighted by atomic mass is 28.3. The van der Waals surface area contributed by atoms with E-state index in [1.165, 1.54) is 31.7 Å². The van der Waals surface area contributed by atoms with E-state index in [1.54, 1.807) is 0 Å². The van der Waals surface area contributed by atoms with Gasteiger partial charge in [0.15, 0.2) is 0 Å². The Morgan fingerprint density at radius 1 is 0.867 bits per heavy atom. The van der Waals surface area contributed by atoms with Crippen molar-refractivity contribution in [1.29, 1.82) is 0 Å². The van der Waals surface area contributed by atoms with Crippen LogP contribution >= 0.6 is 0 Å². The van der Waals surface area contributed by atoms with E-state index in [1.807, 2.05) is 0 Å². The quantitative estimate of drug-likeness (QED) is 0.455. The Bertz CT molecular complexity index is 135. The maximum Gasteiger partial charge on any atom is 0.0598 e. The van der Waals surface area contributed by atoms with Gasteiger partial charge in [0.1, 0.15) is 0 Å². The summed E-state index contributed by atoms with van der Waals surface area (Å²) in [6, 6.07) is 1.48. The number of hydrogen-bond donors (Lipinski definition) is 0. The molecule has 0 aliphatic rings. The van der Waals surface area contributed by atoms with Crippen LogP contribution in [0.5, 0.6) is 0 Å². The number of unbranched alkanes of at least 4 members (excludes halogenated alkanes) is 3. The van der Waals surface area contributed by atoms with E-state index in [2.05, 4.69) is 40.4 Å². The lowest BCUT2D eigenvalue weighted by Gasteiger charge is -2.19. The Hall–Kier alpha value is 0.177. The molecule has 0 atom stereocenters. The zero-order valence-corrected chi connectivity index (χ0v) is 12.7. The maximum absolute atomic E-state index is 5.69. The summed E-state index contributed by atoms with van der Waals surface area (Å²) in [5.74, 6) is 0. The molecule has 0 rings (SSSR count). The Morgan fingerprint density at radius 2 is 1.40 bits per heavy atom. The summed E-state index contributed by atoms with van der Waals surface area (Å²) in [5, 5.41) is 0. The lowest BCUT2D eigenvalue weighted by atomic mass is 10.2. The Labute approximate surface area is 97.6 Å². The predicted octanol–water partition coefficient (Wildman–Crippen LogP) is 4.70. The number of hydrogen-bond acceptors (Lipinski definition) is 1. The molecular weight excluding hydrogens is 200 g/mol. The first-order valence-corrected chi connectivity index (χ1v) is 10.1. The first-order chi connectivity index (χ1) is 6.71. The van der Waals surface area contributed by atoms with E-state index in [-0.39, 0.29) is 5.60 Å². The molecule has 0 saturated carbocycles. The Kier molecular flexibility index (Phi) is 6.77. The number of ether oxygens (including phenoxy) is 1. The minimum atomic E-state index is -0.787. The normalized spacial score (nSPS) is 13.2. The summed E-state index contributed by atoms with van der Waals surface area (Å²) in [5.41, 5.74) is 0.0400. The van der Waals surface area contributed by atoms with Crippen LogP contribution in [0.15, 0.2) is 0 Å². The molecule has 2 heteroatoms. The highest BCUT2D eigenvalue weighted by molar-refractivity contribution is 6.76. The molecule has 0 unspecified atom stereocenters. The van der Waals surface area contributed by atoms with Crippen LogP contribution in [0.25, 0.3) is 0 Å². The molecule has 0 bridgehead atoms. The zero-order valence-electron chi connectivity index (χ0n) is 11.7. The summed E-state index contributed by atoms with van der Waals surface area (Å²) in [6.07, 6.45) is 5.37. The van der Waals surface area contributed by atoms with Gasteiger partial charge in [0, 0.05) is 14.7 Å². The fourth-order valence-electron chi connectivity index (χ4n) is 1.49. The summed E-state index contributed by atoms with van der Waals surface area (Å²) >= 11 is 0. The summed E-state index contributed by atoms with van der Waals surface area (Å²) < 4.78 is 5.69. The third-order valence-corrected chi connectivity index (χ3v) is 4.21. The van der Waals surface area contributed by atoms with Crippen LogP contribution in [0.3, 0.4) is 0 Å². The van der Waals surface area contributed by atoms with Gasteiger partial charge >= 0.3 is 0 Å². The van der Waals surface area contributed by atoms with Crippen molar-refractivity contribution in [3.05, 3.63) is 0 Å². The average Bonchev–Trinajstić information content (AvgIpc) is 1.98. The monoisotopic (exact) mass is 230 g/mol. The van der Waals surface area contributed by atoms with Crippen molar-refractivity contribution >= 4 is 8.07 Å². The third-order valence-electron chi connectivity index (χ3n) is 2.36. The molecule has 0 amide bonds. The molecule has 0 aromatic carbocycles. The molecule has 0 spiro atoms. The Morgan fingerprint density at radius 3 is 1.87 bits per heavy atom. The van der Waals surface area contributed by atoms with E-state index >= 15 is 0 Å². The SMILES string of the molecule is CC(C)(C)OCCCCCC[Si](C)(C)C. The van der Waals surface area contributed by atoms with E-state index in [0.29, 0.717) is 0 Å². The molecule has 0 saturated heterocycles. The van der Waals surface area contributed by atoms with Gasteiger partial charge in [-0.15, -0.1) is 0 Å². The fraction of sp³-hybridized carbons (Fsp3) is 1.00. The van der Waals surface area contributed by atoms with Crippen molar-refractivity contribution < 1.29 is 4.74 Å². The minimum absolute atomic E-state index is 0.0400. The second-order valence-corrected chi connectivity index (χ2v) is 12.3. The molecule has 92 valence electrons. The Balaban J connectivity index is 3.20. The van der Waals surface area contributed by atoms with Gasteiger partial charge in [-0.3, -0.25) is 0 Å². The van der Waals surface area contributed by atoms with Crippen LogP contribution in [0.1, 0.15) is 46.5 Å². The standard InChI is InChI=1S/C13H30OSi/c1-13(2,3)14-11-9-7-8-10-12-15(4,5)6/h7-12H2,1-6H3. The van der Waals surface area contributed by atoms with Crippen LogP contribution in [0.2, 0.25) is 25.7 Å². The van der Waals surface area contributed by atoms with Crippen LogP contribution in [0.4, 0.5) is 0 Å². The van der Waals surface area contributed by atoms with E-state index in [0.717, 1.165) is 6.61 Å². The molecule has 0 radical (unpaired) electrons. The van der Waals surface area contributed by atoms with Crippen molar-refractivity contribution in [3.8, 4) is 0 Å². The minimum Gasteiger partial charge on any atom is -0.376 e. The molecule has 1 nitrogen and oxygen atoms in total. The van der Waals surface area contributed by atoms with Crippen molar-refractivity contribution in [2.24, 2.45) is 0 Å². The third kappa shape index (κ3) is 14.2. The molecule has 0 heterocycles. The summed E-state index contributed by atoms with van der Waals surface area (Å²) in [7, 11) is -0.787. The molecule has 15 heavy (non-hydrogen) atoms. The highest BCUT2D eigenvalue weighted by Crippen LogP contribution is 2.15. The largest absolute Gasteiger partial charge is 0.376 e. The summed E-state index contributed by atoms with van der Waals surface area (Å²) in [6.45, 7) is 14.7. The highest BCUT2D eigenvalue weighted by Gasteiger charge is 2.11. The van der Waals surface area contributed by atoms with Crippen molar-refractivity contribution in [3.63, 3.8) is 0 Å². The molecule has 0 aliphatic heterocycles. The van der Waals surface area contributed by atoms with Crippen LogP contribution in [-0.2, 0) is 4.74 Å². The van der Waals surface area contributed by atoms with Gasteiger partial charge in [0.2, 0.25) is 0 Å². The average molecular weight is 230 g/mol. The van der Waals surface area contributed by atoms with Gasteiger partial charge in [0.25, 0.3) is 0 Å². The molecular formula is C13H30OSi. The van der Waals surface area contributed by atoms with Gasteiger partial charge in [-0.05, 0) is 27.2 Å². The van der Waals surface area contributed by atoms with Gasteiger partial charge < -0.3 is 4.74 Å². The molecule has 0 aromatic rings. The van der Waals surface area contributed by atoms with Gasteiger partial charge in [-0.25, -0.2) is 0 Å². The first-order valence-electron chi connectivity index (χ1n) is 6.35. The predicted molar refractivity (Wildman–Crippen MR) is 72.3 cm³/mol. The van der Waals surface area contributed by atoms with Gasteiger partial charge in [0.05, 0.1) is 5.60 Å². The lowest BCUT2D eigenvalue weighted by Crippen LogP contribution is -2.20. The molecule has 0 aromatic heterocycles. The second kappa shape index (κ2) is 6.69. The smallest absolute Gasteiger partial charge is 0.0598 e. The van der Waals surface area contributed by atoms with Crippen LogP contribution in [-0.4, -0.2) is 20.3 Å². The van der Waals surface area contributed by atoms with Crippen LogP contribution < -0.4 is 0 Å². The topological polar surface area (TPSA) is 9.23 Å². The van der Waals surface area contributed by atoms with Crippen LogP contribution in [0, 0.1) is 0 Å². The molecule has 0 fully saturated rings. The van der Waals surface area contributed by atoms with E-state index in [9.17, 15) is 0 Å². The van der Waals surface area contributed by atoms with Gasteiger partial charge in [-0.1, -0.05) is 44.9 Å². The first kappa shape index (κ1) is 15.2. The number of rotatable bonds is 7. The fourth-order valence-corrected chi connectivity index (χ4v) is 2.80. The van der Waals surface area contributed by atoms with E-state index in [4.69, 9.17) is 4.74 Å². The molecule has 0 N–H and O–H groups in total. The second-order valence-electron chi connectivity index (χ2n) is 6.69. The summed E-state index contributed by atoms with van der Waals surface area (Å²) in [4.78, 5) is 0. The van der Waals surface area contributed by atoms with Crippen molar-refractivity contribution in [1.82, 2.24) is 0 Å². The van der Waals surface area contributed by atoms with Crippen molar-refractivity contribution in [2.45, 2.75) is 77.7 Å². The molecule has 0 aliphatic carbocycles. The zero-order chi connectivity index (χ0) is 11.9.